The van der Waals surface area contributed by atoms with Crippen molar-refractivity contribution in [2.24, 2.45) is 0 Å². The fourth-order valence-electron chi connectivity index (χ4n) is 3.35. The van der Waals surface area contributed by atoms with Crippen molar-refractivity contribution in [3.05, 3.63) is 48.5 Å². The van der Waals surface area contributed by atoms with Gasteiger partial charge in [-0.1, -0.05) is 5.16 Å². The lowest BCUT2D eigenvalue weighted by Crippen LogP contribution is -2.38. The molecule has 1 amide bonds. The van der Waals surface area contributed by atoms with Crippen LogP contribution in [-0.4, -0.2) is 36.9 Å². The minimum Gasteiger partial charge on any atom is -0.361 e. The smallest absolute Gasteiger partial charge is 0.273 e. The topological polar surface area (TPSA) is 98.7 Å². The van der Waals surface area contributed by atoms with Crippen LogP contribution in [0.15, 0.2) is 41.6 Å². The standard InChI is InChI=1S/C18H20N6O2/c1-12-8-17(23-26-12)18(25)22-14-2-4-15(5-3-14)24-10-13(9-21-24)16-6-7-19-11-20-16/h6-11,14-15H,2-5H2,1H3,(H,22,25). The van der Waals surface area contributed by atoms with Crippen LogP contribution in [0.25, 0.3) is 11.3 Å². The van der Waals surface area contributed by atoms with Crippen molar-refractivity contribution in [2.75, 3.05) is 0 Å². The van der Waals surface area contributed by atoms with Crippen molar-refractivity contribution < 1.29 is 9.32 Å². The van der Waals surface area contributed by atoms with Gasteiger partial charge in [-0.05, 0) is 38.7 Å². The van der Waals surface area contributed by atoms with Gasteiger partial charge in [-0.3, -0.25) is 9.48 Å². The van der Waals surface area contributed by atoms with Gasteiger partial charge in [0.25, 0.3) is 5.91 Å². The fraction of sp³-hybridized carbons (Fsp3) is 0.389. The number of nitrogens with zero attached hydrogens (tertiary/aromatic N) is 5. The van der Waals surface area contributed by atoms with Crippen LogP contribution in [0.5, 0.6) is 0 Å². The molecule has 1 aliphatic rings. The van der Waals surface area contributed by atoms with E-state index < -0.39 is 0 Å². The van der Waals surface area contributed by atoms with Crippen LogP contribution in [0.1, 0.15) is 48.0 Å². The minimum absolute atomic E-state index is 0.160. The number of carbonyl (C=O) groups excluding carboxylic acids is 1. The lowest BCUT2D eigenvalue weighted by Gasteiger charge is -2.29. The van der Waals surface area contributed by atoms with Gasteiger partial charge in [0, 0.05) is 30.1 Å². The quantitative estimate of drug-likeness (QED) is 0.775. The van der Waals surface area contributed by atoms with E-state index in [4.69, 9.17) is 4.52 Å². The summed E-state index contributed by atoms with van der Waals surface area (Å²) in [6, 6.07) is 4.03. The molecule has 0 aromatic carbocycles. The maximum Gasteiger partial charge on any atom is 0.273 e. The molecule has 0 unspecified atom stereocenters. The van der Waals surface area contributed by atoms with E-state index in [2.05, 4.69) is 25.5 Å². The summed E-state index contributed by atoms with van der Waals surface area (Å²) in [7, 11) is 0. The molecule has 0 bridgehead atoms. The SMILES string of the molecule is Cc1cc(C(=O)NC2CCC(n3cc(-c4ccncn4)cn3)CC2)no1. The lowest BCUT2D eigenvalue weighted by atomic mass is 9.91. The van der Waals surface area contributed by atoms with Crippen molar-refractivity contribution in [2.45, 2.75) is 44.7 Å². The number of hydrogen-bond acceptors (Lipinski definition) is 6. The van der Waals surface area contributed by atoms with Crippen LogP contribution in [0.3, 0.4) is 0 Å². The molecule has 26 heavy (non-hydrogen) atoms. The van der Waals surface area contributed by atoms with Gasteiger partial charge in [-0.15, -0.1) is 0 Å². The zero-order valence-corrected chi connectivity index (χ0v) is 14.5. The summed E-state index contributed by atoms with van der Waals surface area (Å²) in [6.45, 7) is 1.77. The van der Waals surface area contributed by atoms with Crippen LogP contribution >= 0.6 is 0 Å². The van der Waals surface area contributed by atoms with Gasteiger partial charge in [-0.2, -0.15) is 5.10 Å². The predicted octanol–water partition coefficient (Wildman–Crippen LogP) is 2.55. The highest BCUT2D eigenvalue weighted by Gasteiger charge is 2.25. The van der Waals surface area contributed by atoms with Crippen molar-refractivity contribution in [3.63, 3.8) is 0 Å². The Labute approximate surface area is 150 Å². The number of rotatable bonds is 4. The highest BCUT2D eigenvalue weighted by Crippen LogP contribution is 2.29. The molecule has 0 aliphatic heterocycles. The normalized spacial score (nSPS) is 20.0. The molecule has 0 spiro atoms. The van der Waals surface area contributed by atoms with Gasteiger partial charge in [-0.25, -0.2) is 9.97 Å². The zero-order valence-electron chi connectivity index (χ0n) is 14.5. The number of amides is 1. The Bertz CT molecular complexity index is 880. The van der Waals surface area contributed by atoms with Gasteiger partial charge in [0.15, 0.2) is 5.69 Å². The van der Waals surface area contributed by atoms with Gasteiger partial charge < -0.3 is 9.84 Å². The minimum atomic E-state index is -0.171. The highest BCUT2D eigenvalue weighted by atomic mass is 16.5. The Morgan fingerprint density at radius 3 is 2.85 bits per heavy atom. The number of hydrogen-bond donors (Lipinski definition) is 1. The molecular weight excluding hydrogens is 332 g/mol. The van der Waals surface area contributed by atoms with E-state index in [0.717, 1.165) is 36.9 Å². The molecule has 3 aromatic heterocycles. The average molecular weight is 352 g/mol. The summed E-state index contributed by atoms with van der Waals surface area (Å²) in [6.07, 6.45) is 10.9. The number of carbonyl (C=O) groups is 1. The number of aromatic nitrogens is 5. The van der Waals surface area contributed by atoms with E-state index in [1.807, 2.05) is 23.1 Å². The first-order chi connectivity index (χ1) is 12.7. The Kier molecular flexibility index (Phi) is 4.47. The molecular formula is C18H20N6O2. The van der Waals surface area contributed by atoms with Crippen LogP contribution in [0.2, 0.25) is 0 Å². The Morgan fingerprint density at radius 1 is 1.31 bits per heavy atom. The second-order valence-electron chi connectivity index (χ2n) is 6.61. The predicted molar refractivity (Wildman–Crippen MR) is 93.3 cm³/mol. The molecule has 0 radical (unpaired) electrons. The summed E-state index contributed by atoms with van der Waals surface area (Å²) in [5.41, 5.74) is 2.20. The van der Waals surface area contributed by atoms with Crippen LogP contribution in [0, 0.1) is 6.92 Å². The third-order valence-corrected chi connectivity index (χ3v) is 4.75. The van der Waals surface area contributed by atoms with Crippen LogP contribution in [-0.2, 0) is 0 Å². The van der Waals surface area contributed by atoms with Crippen molar-refractivity contribution in [1.82, 2.24) is 30.2 Å². The van der Waals surface area contributed by atoms with Crippen molar-refractivity contribution in [1.29, 1.82) is 0 Å². The molecule has 3 heterocycles. The zero-order chi connectivity index (χ0) is 17.9. The highest BCUT2D eigenvalue weighted by molar-refractivity contribution is 5.92. The molecule has 0 atom stereocenters. The maximum absolute atomic E-state index is 12.2. The van der Waals surface area contributed by atoms with E-state index in [9.17, 15) is 4.79 Å². The summed E-state index contributed by atoms with van der Waals surface area (Å²) in [4.78, 5) is 20.4. The van der Waals surface area contributed by atoms with Crippen molar-refractivity contribution in [3.8, 4) is 11.3 Å². The summed E-state index contributed by atoms with van der Waals surface area (Å²) >= 11 is 0. The van der Waals surface area contributed by atoms with E-state index in [0.29, 0.717) is 17.5 Å². The first-order valence-electron chi connectivity index (χ1n) is 8.74. The second-order valence-corrected chi connectivity index (χ2v) is 6.61. The molecule has 1 N–H and O–H groups in total. The molecule has 8 nitrogen and oxygen atoms in total. The van der Waals surface area contributed by atoms with Gasteiger partial charge in [0.05, 0.1) is 17.9 Å². The third-order valence-electron chi connectivity index (χ3n) is 4.75. The van der Waals surface area contributed by atoms with Gasteiger partial charge >= 0.3 is 0 Å². The van der Waals surface area contributed by atoms with Crippen LogP contribution < -0.4 is 5.32 Å². The lowest BCUT2D eigenvalue weighted by molar-refractivity contribution is 0.0912. The monoisotopic (exact) mass is 352 g/mol. The molecule has 0 saturated heterocycles. The van der Waals surface area contributed by atoms with E-state index in [1.165, 1.54) is 6.33 Å². The Hall–Kier alpha value is -3.03. The molecule has 8 heteroatoms. The molecule has 4 rings (SSSR count). The summed E-state index contributed by atoms with van der Waals surface area (Å²) in [5, 5.41) is 11.3. The molecule has 1 saturated carbocycles. The third kappa shape index (κ3) is 3.49. The number of nitrogens with one attached hydrogen (secondary N) is 1. The van der Waals surface area contributed by atoms with Gasteiger partial charge in [0.1, 0.15) is 12.1 Å². The Morgan fingerprint density at radius 2 is 2.15 bits per heavy atom. The molecule has 1 aliphatic carbocycles. The van der Waals surface area contributed by atoms with Crippen molar-refractivity contribution >= 4 is 5.91 Å². The molecule has 134 valence electrons. The van der Waals surface area contributed by atoms with E-state index >= 15 is 0 Å². The van der Waals surface area contributed by atoms with Crippen LogP contribution in [0.4, 0.5) is 0 Å². The summed E-state index contributed by atoms with van der Waals surface area (Å²) < 4.78 is 6.97. The van der Waals surface area contributed by atoms with E-state index in [1.54, 1.807) is 19.2 Å². The second kappa shape index (κ2) is 7.07. The fourth-order valence-corrected chi connectivity index (χ4v) is 3.35. The first kappa shape index (κ1) is 16.4. The molecule has 1 fully saturated rings. The molecule has 3 aromatic rings. The number of aryl methyl sites for hydroxylation is 1. The summed E-state index contributed by atoms with van der Waals surface area (Å²) in [5.74, 6) is 0.465. The van der Waals surface area contributed by atoms with E-state index in [-0.39, 0.29) is 11.9 Å². The largest absolute Gasteiger partial charge is 0.361 e. The average Bonchev–Trinajstić information content (AvgIpc) is 3.32. The van der Waals surface area contributed by atoms with Gasteiger partial charge in [0.2, 0.25) is 0 Å². The maximum atomic E-state index is 12.2. The first-order valence-corrected chi connectivity index (χ1v) is 8.74. The Balaban J connectivity index is 1.34.